The van der Waals surface area contributed by atoms with Gasteiger partial charge in [-0.1, -0.05) is 48.5 Å². The molecule has 3 rings (SSSR count). The number of hydrogen-bond donors (Lipinski definition) is 1. The van der Waals surface area contributed by atoms with Gasteiger partial charge in [0.2, 0.25) is 0 Å². The number of hydrogen-bond acceptors (Lipinski definition) is 5. The highest BCUT2D eigenvalue weighted by Gasteiger charge is 2.18. The number of aromatic nitrogens is 4. The van der Waals surface area contributed by atoms with Gasteiger partial charge < -0.3 is 5.11 Å². The second kappa shape index (κ2) is 7.39. The smallest absolute Gasteiger partial charge is 0.169 e. The summed E-state index contributed by atoms with van der Waals surface area (Å²) in [5.74, 6) is 1.37. The fraction of sp³-hybridized carbons (Fsp3) is 0.235. The summed E-state index contributed by atoms with van der Waals surface area (Å²) in [5, 5.41) is 22.4. The van der Waals surface area contributed by atoms with E-state index in [1.54, 1.807) is 16.4 Å². The van der Waals surface area contributed by atoms with Crippen LogP contribution in [-0.2, 0) is 0 Å². The van der Waals surface area contributed by atoms with Crippen molar-refractivity contribution in [3.8, 4) is 5.69 Å². The lowest BCUT2D eigenvalue weighted by molar-refractivity contribution is 0.204. The van der Waals surface area contributed by atoms with Gasteiger partial charge in [0.15, 0.2) is 5.82 Å². The standard InChI is InChI=1S/C17H18N4OS/c1-13(23-12-16(22)14-8-4-2-5-9-14)17-18-19-20-21(17)15-10-6-3-7-11-15/h2-11,13,16,22H,12H2,1H3/t13-,16+/m1/s1. The van der Waals surface area contributed by atoms with Crippen LogP contribution in [0.3, 0.4) is 0 Å². The van der Waals surface area contributed by atoms with E-state index >= 15 is 0 Å². The fourth-order valence-electron chi connectivity index (χ4n) is 2.28. The van der Waals surface area contributed by atoms with E-state index in [0.717, 1.165) is 17.1 Å². The first-order valence-electron chi connectivity index (χ1n) is 7.44. The summed E-state index contributed by atoms with van der Waals surface area (Å²) in [7, 11) is 0. The molecule has 1 N–H and O–H groups in total. The average Bonchev–Trinajstić information content (AvgIpc) is 3.11. The van der Waals surface area contributed by atoms with Gasteiger partial charge >= 0.3 is 0 Å². The molecule has 118 valence electrons. The number of benzene rings is 2. The van der Waals surface area contributed by atoms with Crippen molar-refractivity contribution in [2.75, 3.05) is 5.75 Å². The zero-order chi connectivity index (χ0) is 16.1. The van der Waals surface area contributed by atoms with E-state index < -0.39 is 6.10 Å². The Morgan fingerprint density at radius 1 is 1.04 bits per heavy atom. The molecule has 0 spiro atoms. The second-order valence-electron chi connectivity index (χ2n) is 5.19. The topological polar surface area (TPSA) is 63.8 Å². The van der Waals surface area contributed by atoms with Crippen molar-refractivity contribution in [1.29, 1.82) is 0 Å². The van der Waals surface area contributed by atoms with E-state index in [9.17, 15) is 5.11 Å². The summed E-state index contributed by atoms with van der Waals surface area (Å²) in [6, 6.07) is 19.5. The predicted molar refractivity (Wildman–Crippen MR) is 91.4 cm³/mol. The first-order valence-corrected chi connectivity index (χ1v) is 8.49. The Balaban J connectivity index is 1.68. The van der Waals surface area contributed by atoms with E-state index in [0.29, 0.717) is 5.75 Å². The minimum Gasteiger partial charge on any atom is -0.388 e. The lowest BCUT2D eigenvalue weighted by Crippen LogP contribution is -2.07. The van der Waals surface area contributed by atoms with Crippen LogP contribution in [0.25, 0.3) is 5.69 Å². The maximum Gasteiger partial charge on any atom is 0.169 e. The quantitative estimate of drug-likeness (QED) is 0.753. The summed E-state index contributed by atoms with van der Waals surface area (Å²) in [5.41, 5.74) is 1.86. The first kappa shape index (κ1) is 15.7. The Bertz CT molecular complexity index is 733. The molecule has 6 heteroatoms. The molecular weight excluding hydrogens is 308 g/mol. The van der Waals surface area contributed by atoms with Crippen LogP contribution in [0.2, 0.25) is 0 Å². The summed E-state index contributed by atoms with van der Waals surface area (Å²) >= 11 is 1.63. The van der Waals surface area contributed by atoms with Crippen LogP contribution in [0.1, 0.15) is 29.7 Å². The molecule has 2 aromatic carbocycles. The molecule has 0 aliphatic carbocycles. The summed E-state index contributed by atoms with van der Waals surface area (Å²) in [4.78, 5) is 0. The molecule has 0 aliphatic rings. The van der Waals surface area contributed by atoms with Crippen LogP contribution >= 0.6 is 11.8 Å². The minimum atomic E-state index is -0.496. The summed E-state index contributed by atoms with van der Waals surface area (Å²) < 4.78 is 1.74. The first-order chi connectivity index (χ1) is 11.3. The molecule has 0 fully saturated rings. The van der Waals surface area contributed by atoms with E-state index in [4.69, 9.17) is 0 Å². The maximum atomic E-state index is 10.3. The SMILES string of the molecule is C[C@@H](SC[C@H](O)c1ccccc1)c1nnnn1-c1ccccc1. The maximum absolute atomic E-state index is 10.3. The number of tetrazole rings is 1. The molecular formula is C17H18N4OS. The molecule has 1 heterocycles. The Kier molecular flexibility index (Phi) is 5.05. The van der Waals surface area contributed by atoms with Crippen molar-refractivity contribution in [2.45, 2.75) is 18.3 Å². The normalized spacial score (nSPS) is 13.7. The van der Waals surface area contributed by atoms with Crippen molar-refractivity contribution >= 4 is 11.8 Å². The van der Waals surface area contributed by atoms with Crippen molar-refractivity contribution in [1.82, 2.24) is 20.2 Å². The van der Waals surface area contributed by atoms with Gasteiger partial charge in [-0.25, -0.2) is 0 Å². The fourth-order valence-corrected chi connectivity index (χ4v) is 3.24. The van der Waals surface area contributed by atoms with E-state index in [2.05, 4.69) is 15.5 Å². The van der Waals surface area contributed by atoms with Gasteiger partial charge in [0.05, 0.1) is 17.0 Å². The van der Waals surface area contributed by atoms with Crippen LogP contribution in [0.15, 0.2) is 60.7 Å². The predicted octanol–water partition coefficient (Wildman–Crippen LogP) is 3.19. The summed E-state index contributed by atoms with van der Waals surface area (Å²) in [6.07, 6.45) is -0.496. The average molecular weight is 326 g/mol. The number of thioether (sulfide) groups is 1. The van der Waals surface area contributed by atoms with Crippen LogP contribution in [0, 0.1) is 0 Å². The van der Waals surface area contributed by atoms with Crippen molar-refractivity contribution in [3.63, 3.8) is 0 Å². The molecule has 0 amide bonds. The monoisotopic (exact) mass is 326 g/mol. The third-order valence-corrected chi connectivity index (χ3v) is 4.77. The van der Waals surface area contributed by atoms with Crippen molar-refractivity contribution in [2.24, 2.45) is 0 Å². The van der Waals surface area contributed by atoms with Gasteiger partial charge in [-0.15, -0.1) is 16.9 Å². The number of rotatable bonds is 6. The van der Waals surface area contributed by atoms with Crippen molar-refractivity contribution < 1.29 is 5.11 Å². The van der Waals surface area contributed by atoms with Crippen LogP contribution in [0.4, 0.5) is 0 Å². The Morgan fingerprint density at radius 2 is 1.70 bits per heavy atom. The zero-order valence-electron chi connectivity index (χ0n) is 12.8. The zero-order valence-corrected chi connectivity index (χ0v) is 13.6. The third kappa shape index (κ3) is 3.78. The molecule has 0 saturated carbocycles. The van der Waals surface area contributed by atoms with Gasteiger partial charge in [0.1, 0.15) is 0 Å². The molecule has 5 nitrogen and oxygen atoms in total. The van der Waals surface area contributed by atoms with Gasteiger partial charge in [-0.2, -0.15) is 4.68 Å². The highest BCUT2D eigenvalue weighted by molar-refractivity contribution is 7.99. The van der Waals surface area contributed by atoms with E-state index in [1.165, 1.54) is 0 Å². The molecule has 1 aromatic heterocycles. The lowest BCUT2D eigenvalue weighted by atomic mass is 10.1. The van der Waals surface area contributed by atoms with Crippen LogP contribution in [-0.4, -0.2) is 31.1 Å². The highest BCUT2D eigenvalue weighted by Crippen LogP contribution is 2.31. The molecule has 23 heavy (non-hydrogen) atoms. The van der Waals surface area contributed by atoms with Gasteiger partial charge in [-0.3, -0.25) is 0 Å². The molecule has 0 aliphatic heterocycles. The Hall–Kier alpha value is -2.18. The Labute approximate surface area is 139 Å². The molecule has 0 unspecified atom stereocenters. The minimum absolute atomic E-state index is 0.0727. The van der Waals surface area contributed by atoms with Crippen molar-refractivity contribution in [3.05, 3.63) is 72.1 Å². The van der Waals surface area contributed by atoms with Crippen LogP contribution < -0.4 is 0 Å². The molecule has 2 atom stereocenters. The highest BCUT2D eigenvalue weighted by atomic mass is 32.2. The molecule has 0 bridgehead atoms. The van der Waals surface area contributed by atoms with Gasteiger partial charge in [-0.05, 0) is 35.0 Å². The van der Waals surface area contributed by atoms with Gasteiger partial charge in [0.25, 0.3) is 0 Å². The second-order valence-corrected chi connectivity index (χ2v) is 6.56. The molecule has 0 radical (unpaired) electrons. The van der Waals surface area contributed by atoms with Crippen LogP contribution in [0.5, 0.6) is 0 Å². The molecule has 0 saturated heterocycles. The third-order valence-electron chi connectivity index (χ3n) is 3.55. The number of para-hydroxylation sites is 1. The molecule has 3 aromatic rings. The Morgan fingerprint density at radius 3 is 2.39 bits per heavy atom. The van der Waals surface area contributed by atoms with Gasteiger partial charge in [0, 0.05) is 5.75 Å². The summed E-state index contributed by atoms with van der Waals surface area (Å²) in [6.45, 7) is 2.05. The lowest BCUT2D eigenvalue weighted by Gasteiger charge is -2.15. The van der Waals surface area contributed by atoms with E-state index in [1.807, 2.05) is 67.6 Å². The number of aliphatic hydroxyl groups is 1. The largest absolute Gasteiger partial charge is 0.388 e. The number of aliphatic hydroxyl groups excluding tert-OH is 1. The number of nitrogens with zero attached hydrogens (tertiary/aromatic N) is 4. The van der Waals surface area contributed by atoms with E-state index in [-0.39, 0.29) is 5.25 Å².